The number of carbonyl (C=O) groups excluding carboxylic acids is 2. The van der Waals surface area contributed by atoms with Crippen molar-refractivity contribution in [2.45, 2.75) is 58.7 Å². The summed E-state index contributed by atoms with van der Waals surface area (Å²) in [6.07, 6.45) is 1.56. The van der Waals surface area contributed by atoms with Crippen LogP contribution in [0.2, 0.25) is 0 Å². The summed E-state index contributed by atoms with van der Waals surface area (Å²) in [6.45, 7) is 11.2. The summed E-state index contributed by atoms with van der Waals surface area (Å²) in [5, 5.41) is 0. The zero-order chi connectivity index (χ0) is 20.5. The van der Waals surface area contributed by atoms with E-state index in [-0.39, 0.29) is 17.8 Å². The highest BCUT2D eigenvalue weighted by Crippen LogP contribution is 2.36. The number of nitrogens with zero attached hydrogens (tertiary/aromatic N) is 1. The highest BCUT2D eigenvalue weighted by molar-refractivity contribution is 6.62. The van der Waals surface area contributed by atoms with Crippen molar-refractivity contribution in [2.24, 2.45) is 5.92 Å². The third kappa shape index (κ3) is 4.10. The van der Waals surface area contributed by atoms with Gasteiger partial charge in [0, 0.05) is 18.7 Å². The largest absolute Gasteiger partial charge is 0.494 e. The Kier molecular flexibility index (Phi) is 5.87. The van der Waals surface area contributed by atoms with E-state index in [4.69, 9.17) is 14.0 Å². The minimum atomic E-state index is -0.508. The lowest BCUT2D eigenvalue weighted by Gasteiger charge is -2.32. The van der Waals surface area contributed by atoms with E-state index in [1.807, 2.05) is 45.9 Å². The fourth-order valence-electron chi connectivity index (χ4n) is 3.59. The Morgan fingerprint density at radius 2 is 1.89 bits per heavy atom. The van der Waals surface area contributed by atoms with Gasteiger partial charge in [-0.3, -0.25) is 9.59 Å². The Hall–Kier alpha value is -1.86. The van der Waals surface area contributed by atoms with Crippen LogP contribution in [-0.2, 0) is 18.8 Å². The highest BCUT2D eigenvalue weighted by atomic mass is 16.7. The first-order valence-electron chi connectivity index (χ1n) is 10.1. The molecule has 2 saturated heterocycles. The molecule has 0 spiro atoms. The second-order valence-electron chi connectivity index (χ2n) is 8.56. The van der Waals surface area contributed by atoms with Crippen LogP contribution >= 0.6 is 0 Å². The molecule has 28 heavy (non-hydrogen) atoms. The number of carbonyl (C=O) groups is 2. The average molecular weight is 387 g/mol. The topological polar surface area (TPSA) is 65.1 Å². The van der Waals surface area contributed by atoms with E-state index in [9.17, 15) is 9.59 Å². The Morgan fingerprint density at radius 3 is 2.54 bits per heavy atom. The maximum absolute atomic E-state index is 13.0. The standard InChI is InChI=1S/C21H30BNO5/c1-6-26-19(25)16-10-8-12-23(14-16)18(24)15-9-7-11-17(13-15)22-27-20(2,3)21(4,5)28-22/h7,9,11,13,16H,6,8,10,12,14H2,1-5H3. The number of likely N-dealkylation sites (tertiary alicyclic amines) is 1. The van der Waals surface area contributed by atoms with Crippen molar-refractivity contribution in [1.82, 2.24) is 4.90 Å². The quantitative estimate of drug-likeness (QED) is 0.587. The number of hydrogen-bond acceptors (Lipinski definition) is 5. The molecule has 2 aliphatic heterocycles. The van der Waals surface area contributed by atoms with Gasteiger partial charge in [-0.15, -0.1) is 0 Å². The molecule has 0 aliphatic carbocycles. The number of amides is 1. The van der Waals surface area contributed by atoms with Gasteiger partial charge in [0.15, 0.2) is 0 Å². The fraction of sp³-hybridized carbons (Fsp3) is 0.619. The predicted octanol–water partition coefficient (Wildman–Crippen LogP) is 2.40. The van der Waals surface area contributed by atoms with Crippen LogP contribution in [0.4, 0.5) is 0 Å². The van der Waals surface area contributed by atoms with Crippen molar-refractivity contribution in [1.29, 1.82) is 0 Å². The summed E-state index contributed by atoms with van der Waals surface area (Å²) < 4.78 is 17.3. The molecular formula is C21H30BNO5. The molecule has 0 aromatic heterocycles. The SMILES string of the molecule is CCOC(=O)C1CCCN(C(=O)c2cccc(B3OC(C)(C)C(C)(C)O3)c2)C1. The van der Waals surface area contributed by atoms with Crippen molar-refractivity contribution in [3.63, 3.8) is 0 Å². The molecule has 2 heterocycles. The van der Waals surface area contributed by atoms with Gasteiger partial charge in [0.05, 0.1) is 23.7 Å². The molecule has 1 aromatic rings. The normalized spacial score (nSPS) is 23.5. The molecule has 1 aromatic carbocycles. The monoisotopic (exact) mass is 387 g/mol. The van der Waals surface area contributed by atoms with Crippen LogP contribution < -0.4 is 5.46 Å². The molecule has 0 bridgehead atoms. The number of benzene rings is 1. The first-order chi connectivity index (χ1) is 13.1. The van der Waals surface area contributed by atoms with E-state index >= 15 is 0 Å². The Balaban J connectivity index is 1.73. The first-order valence-corrected chi connectivity index (χ1v) is 10.1. The molecule has 152 valence electrons. The van der Waals surface area contributed by atoms with E-state index < -0.39 is 18.3 Å². The number of ether oxygens (including phenoxy) is 1. The third-order valence-electron chi connectivity index (χ3n) is 5.99. The highest BCUT2D eigenvalue weighted by Gasteiger charge is 2.51. The second-order valence-corrected chi connectivity index (χ2v) is 8.56. The van der Waals surface area contributed by atoms with Gasteiger partial charge >= 0.3 is 13.1 Å². The smallest absolute Gasteiger partial charge is 0.466 e. The van der Waals surface area contributed by atoms with Crippen LogP contribution in [0.3, 0.4) is 0 Å². The van der Waals surface area contributed by atoms with E-state index in [0.29, 0.717) is 25.3 Å². The third-order valence-corrected chi connectivity index (χ3v) is 5.99. The van der Waals surface area contributed by atoms with Gasteiger partial charge in [0.1, 0.15) is 0 Å². The lowest BCUT2D eigenvalue weighted by Crippen LogP contribution is -2.43. The molecular weight excluding hydrogens is 357 g/mol. The molecule has 6 nitrogen and oxygen atoms in total. The molecule has 1 atom stereocenters. The molecule has 3 rings (SSSR count). The van der Waals surface area contributed by atoms with E-state index in [2.05, 4.69) is 0 Å². The molecule has 1 unspecified atom stereocenters. The van der Waals surface area contributed by atoms with Gasteiger partial charge < -0.3 is 18.9 Å². The molecule has 0 radical (unpaired) electrons. The summed E-state index contributed by atoms with van der Waals surface area (Å²) in [5.74, 6) is -0.540. The number of rotatable bonds is 4. The zero-order valence-electron chi connectivity index (χ0n) is 17.5. The second kappa shape index (κ2) is 7.87. The lowest BCUT2D eigenvalue weighted by atomic mass is 9.78. The Morgan fingerprint density at radius 1 is 1.21 bits per heavy atom. The van der Waals surface area contributed by atoms with Crippen molar-refractivity contribution in [3.8, 4) is 0 Å². The average Bonchev–Trinajstić information content (AvgIpc) is 2.89. The number of hydrogen-bond donors (Lipinski definition) is 0. The van der Waals surface area contributed by atoms with Crippen LogP contribution in [0, 0.1) is 5.92 Å². The molecule has 1 amide bonds. The van der Waals surface area contributed by atoms with Crippen LogP contribution in [-0.4, -0.2) is 54.8 Å². The maximum atomic E-state index is 13.0. The molecule has 0 saturated carbocycles. The van der Waals surface area contributed by atoms with Crippen LogP contribution in [0.1, 0.15) is 57.8 Å². The summed E-state index contributed by atoms with van der Waals surface area (Å²) in [7, 11) is -0.508. The van der Waals surface area contributed by atoms with E-state index in [1.165, 1.54) is 0 Å². The number of esters is 1. The van der Waals surface area contributed by atoms with E-state index in [1.54, 1.807) is 17.9 Å². The van der Waals surface area contributed by atoms with Crippen molar-refractivity contribution < 1.29 is 23.6 Å². The minimum absolute atomic E-state index is 0.0765. The lowest BCUT2D eigenvalue weighted by molar-refractivity contribution is -0.149. The summed E-state index contributed by atoms with van der Waals surface area (Å²) in [5.41, 5.74) is 0.537. The zero-order valence-corrected chi connectivity index (χ0v) is 17.5. The van der Waals surface area contributed by atoms with Crippen molar-refractivity contribution in [3.05, 3.63) is 29.8 Å². The van der Waals surface area contributed by atoms with Gasteiger partial charge in [0.2, 0.25) is 0 Å². The van der Waals surface area contributed by atoms with Gasteiger partial charge in [-0.25, -0.2) is 0 Å². The summed E-state index contributed by atoms with van der Waals surface area (Å²) >= 11 is 0. The van der Waals surface area contributed by atoms with Crippen LogP contribution in [0.25, 0.3) is 0 Å². The van der Waals surface area contributed by atoms with Gasteiger partial charge in [-0.05, 0) is 65.1 Å². The summed E-state index contributed by atoms with van der Waals surface area (Å²) in [6, 6.07) is 7.39. The van der Waals surface area contributed by atoms with Crippen molar-refractivity contribution >= 4 is 24.5 Å². The van der Waals surface area contributed by atoms with Gasteiger partial charge in [-0.1, -0.05) is 12.1 Å². The molecule has 2 aliphatic rings. The molecule has 0 N–H and O–H groups in total. The molecule has 7 heteroatoms. The van der Waals surface area contributed by atoms with Gasteiger partial charge in [0.25, 0.3) is 5.91 Å². The Labute approximate surface area is 167 Å². The Bertz CT molecular complexity index is 732. The van der Waals surface area contributed by atoms with E-state index in [0.717, 1.165) is 18.3 Å². The first kappa shape index (κ1) is 20.9. The predicted molar refractivity (Wildman–Crippen MR) is 107 cm³/mol. The number of piperidine rings is 1. The van der Waals surface area contributed by atoms with Gasteiger partial charge in [-0.2, -0.15) is 0 Å². The van der Waals surface area contributed by atoms with Crippen molar-refractivity contribution in [2.75, 3.05) is 19.7 Å². The minimum Gasteiger partial charge on any atom is -0.466 e. The molecule has 2 fully saturated rings. The fourth-order valence-corrected chi connectivity index (χ4v) is 3.59. The maximum Gasteiger partial charge on any atom is 0.494 e. The summed E-state index contributed by atoms with van der Waals surface area (Å²) in [4.78, 5) is 26.8. The van der Waals surface area contributed by atoms with Crippen LogP contribution in [0.15, 0.2) is 24.3 Å². The van der Waals surface area contributed by atoms with Crippen LogP contribution in [0.5, 0.6) is 0 Å².